The number of rotatable bonds is 6. The standard InChI is InChI=1S/C17H21FN2O4/c1-11(2)10-24-20(8-12-4-6-13(18)7-5-12)16(22)14-9-19(3)17(23)15(14)21/h4-7,11,14H,8-10H2,1-3H3. The van der Waals surface area contributed by atoms with E-state index >= 15 is 0 Å². The molecule has 2 amide bonds. The van der Waals surface area contributed by atoms with Crippen LogP contribution in [0.5, 0.6) is 0 Å². The first-order chi connectivity index (χ1) is 11.3. The predicted molar refractivity (Wildman–Crippen MR) is 83.9 cm³/mol. The van der Waals surface area contributed by atoms with E-state index in [1.54, 1.807) is 12.1 Å². The van der Waals surface area contributed by atoms with Gasteiger partial charge in [-0.2, -0.15) is 0 Å². The van der Waals surface area contributed by atoms with Gasteiger partial charge in [0.15, 0.2) is 0 Å². The summed E-state index contributed by atoms with van der Waals surface area (Å²) in [5, 5.41) is 1.10. The molecule has 0 bridgehead atoms. The molecule has 1 aromatic rings. The fourth-order valence-corrected chi connectivity index (χ4v) is 2.32. The second kappa shape index (κ2) is 7.53. The molecule has 6 nitrogen and oxygen atoms in total. The highest BCUT2D eigenvalue weighted by molar-refractivity contribution is 6.42. The third kappa shape index (κ3) is 4.17. The van der Waals surface area contributed by atoms with E-state index in [-0.39, 0.29) is 31.4 Å². The lowest BCUT2D eigenvalue weighted by molar-refractivity contribution is -0.198. The molecule has 1 unspecified atom stereocenters. The summed E-state index contributed by atoms with van der Waals surface area (Å²) in [6.07, 6.45) is 0. The van der Waals surface area contributed by atoms with Crippen molar-refractivity contribution in [3.63, 3.8) is 0 Å². The number of ketones is 1. The molecule has 1 heterocycles. The molecule has 2 rings (SSSR count). The van der Waals surface area contributed by atoms with Gasteiger partial charge in [-0.05, 0) is 23.6 Å². The molecule has 1 fully saturated rings. The minimum absolute atomic E-state index is 0.0431. The molecule has 1 atom stereocenters. The number of Topliss-reactive ketones (excluding diaryl/α,β-unsaturated/α-hetero) is 1. The Labute approximate surface area is 140 Å². The van der Waals surface area contributed by atoms with Crippen molar-refractivity contribution in [2.45, 2.75) is 20.4 Å². The summed E-state index contributed by atoms with van der Waals surface area (Å²) in [6.45, 7) is 4.27. The highest BCUT2D eigenvalue weighted by Gasteiger charge is 2.43. The fraction of sp³-hybridized carbons (Fsp3) is 0.471. The number of likely N-dealkylation sites (N-methyl/N-ethyl adjacent to an activating group) is 1. The van der Waals surface area contributed by atoms with Crippen LogP contribution in [0.15, 0.2) is 24.3 Å². The van der Waals surface area contributed by atoms with E-state index in [9.17, 15) is 18.8 Å². The quantitative estimate of drug-likeness (QED) is 0.447. The third-order valence-electron chi connectivity index (χ3n) is 3.68. The van der Waals surface area contributed by atoms with Crippen LogP contribution in [0.1, 0.15) is 19.4 Å². The van der Waals surface area contributed by atoms with Crippen molar-refractivity contribution in [2.24, 2.45) is 11.8 Å². The summed E-state index contributed by atoms with van der Waals surface area (Å²) in [7, 11) is 1.48. The van der Waals surface area contributed by atoms with Gasteiger partial charge in [-0.3, -0.25) is 19.2 Å². The first kappa shape index (κ1) is 18.1. The highest BCUT2D eigenvalue weighted by atomic mass is 19.1. The van der Waals surface area contributed by atoms with Crippen molar-refractivity contribution >= 4 is 17.6 Å². The van der Waals surface area contributed by atoms with Crippen molar-refractivity contribution in [3.05, 3.63) is 35.6 Å². The molecule has 1 aliphatic rings. The Morgan fingerprint density at radius 1 is 1.33 bits per heavy atom. The van der Waals surface area contributed by atoms with Gasteiger partial charge in [0.25, 0.3) is 11.8 Å². The summed E-state index contributed by atoms with van der Waals surface area (Å²) < 4.78 is 13.0. The Kier molecular flexibility index (Phi) is 5.66. The first-order valence-electron chi connectivity index (χ1n) is 7.77. The second-order valence-corrected chi connectivity index (χ2v) is 6.29. The molecule has 0 aliphatic carbocycles. The zero-order chi connectivity index (χ0) is 17.9. The molecular weight excluding hydrogens is 315 g/mol. The Morgan fingerprint density at radius 2 is 1.96 bits per heavy atom. The van der Waals surface area contributed by atoms with Gasteiger partial charge in [0.2, 0.25) is 5.78 Å². The molecular formula is C17H21FN2O4. The van der Waals surface area contributed by atoms with E-state index in [2.05, 4.69) is 0 Å². The lowest BCUT2D eigenvalue weighted by Crippen LogP contribution is -2.40. The Balaban J connectivity index is 2.15. The normalized spacial score (nSPS) is 17.7. The largest absolute Gasteiger partial charge is 0.338 e. The number of halogens is 1. The Morgan fingerprint density at radius 3 is 2.46 bits per heavy atom. The molecule has 0 saturated carbocycles. The maximum absolute atomic E-state index is 13.0. The van der Waals surface area contributed by atoms with Crippen LogP contribution in [0.25, 0.3) is 0 Å². The van der Waals surface area contributed by atoms with Gasteiger partial charge in [0, 0.05) is 13.6 Å². The molecule has 1 aliphatic heterocycles. The molecule has 0 N–H and O–H groups in total. The first-order valence-corrected chi connectivity index (χ1v) is 7.77. The van der Waals surface area contributed by atoms with Crippen LogP contribution in [0.4, 0.5) is 4.39 Å². The van der Waals surface area contributed by atoms with Crippen molar-refractivity contribution < 1.29 is 23.6 Å². The summed E-state index contributed by atoms with van der Waals surface area (Å²) >= 11 is 0. The molecule has 1 saturated heterocycles. The number of hydrogen-bond donors (Lipinski definition) is 0. The SMILES string of the molecule is CC(C)CON(Cc1ccc(F)cc1)C(=O)C1CN(C)C(=O)C1=O. The van der Waals surface area contributed by atoms with Crippen molar-refractivity contribution in [2.75, 3.05) is 20.2 Å². The number of hydroxylamine groups is 2. The van der Waals surface area contributed by atoms with E-state index in [1.165, 1.54) is 24.1 Å². The number of carbonyl (C=O) groups is 3. The van der Waals surface area contributed by atoms with Gasteiger partial charge >= 0.3 is 0 Å². The molecule has 130 valence electrons. The minimum atomic E-state index is -1.06. The van der Waals surface area contributed by atoms with Gasteiger partial charge in [-0.15, -0.1) is 0 Å². The van der Waals surface area contributed by atoms with E-state index in [0.29, 0.717) is 5.56 Å². The van der Waals surface area contributed by atoms with E-state index in [0.717, 1.165) is 5.06 Å². The third-order valence-corrected chi connectivity index (χ3v) is 3.68. The maximum atomic E-state index is 13.0. The van der Waals surface area contributed by atoms with E-state index in [4.69, 9.17) is 4.84 Å². The summed E-state index contributed by atoms with van der Waals surface area (Å²) in [5.74, 6) is -3.20. The summed E-state index contributed by atoms with van der Waals surface area (Å²) in [5.41, 5.74) is 0.665. The van der Waals surface area contributed by atoms with Gasteiger partial charge < -0.3 is 4.90 Å². The second-order valence-electron chi connectivity index (χ2n) is 6.29. The number of likely N-dealkylation sites (tertiary alicyclic amines) is 1. The summed E-state index contributed by atoms with van der Waals surface area (Å²) in [6, 6.07) is 5.67. The van der Waals surface area contributed by atoms with Crippen LogP contribution in [0.3, 0.4) is 0 Å². The maximum Gasteiger partial charge on any atom is 0.290 e. The Hall–Kier alpha value is -2.28. The van der Waals surface area contributed by atoms with Gasteiger partial charge in [0.05, 0.1) is 13.2 Å². The van der Waals surface area contributed by atoms with Crippen LogP contribution in [-0.2, 0) is 25.8 Å². The molecule has 7 heteroatoms. The lowest BCUT2D eigenvalue weighted by Gasteiger charge is -2.25. The minimum Gasteiger partial charge on any atom is -0.338 e. The molecule has 0 aromatic heterocycles. The zero-order valence-electron chi connectivity index (χ0n) is 14.0. The topological polar surface area (TPSA) is 66.9 Å². The highest BCUT2D eigenvalue weighted by Crippen LogP contribution is 2.18. The molecule has 0 spiro atoms. The molecule has 24 heavy (non-hydrogen) atoms. The summed E-state index contributed by atoms with van der Waals surface area (Å²) in [4.78, 5) is 43.0. The van der Waals surface area contributed by atoms with Crippen molar-refractivity contribution in [3.8, 4) is 0 Å². The van der Waals surface area contributed by atoms with Crippen LogP contribution >= 0.6 is 0 Å². The van der Waals surface area contributed by atoms with E-state index in [1.807, 2.05) is 13.8 Å². The van der Waals surface area contributed by atoms with E-state index < -0.39 is 23.5 Å². The zero-order valence-corrected chi connectivity index (χ0v) is 14.0. The van der Waals surface area contributed by atoms with Crippen LogP contribution in [0.2, 0.25) is 0 Å². The average molecular weight is 336 g/mol. The number of nitrogens with zero attached hydrogens (tertiary/aromatic N) is 2. The van der Waals surface area contributed by atoms with Crippen LogP contribution in [-0.4, -0.2) is 47.8 Å². The smallest absolute Gasteiger partial charge is 0.290 e. The number of carbonyl (C=O) groups excluding carboxylic acids is 3. The molecule has 1 aromatic carbocycles. The van der Waals surface area contributed by atoms with Crippen molar-refractivity contribution in [1.29, 1.82) is 0 Å². The molecule has 0 radical (unpaired) electrons. The fourth-order valence-electron chi connectivity index (χ4n) is 2.32. The predicted octanol–water partition coefficient (Wildman–Crippen LogP) is 1.40. The van der Waals surface area contributed by atoms with Gasteiger partial charge in [-0.1, -0.05) is 26.0 Å². The monoisotopic (exact) mass is 336 g/mol. The lowest BCUT2D eigenvalue weighted by atomic mass is 10.1. The van der Waals surface area contributed by atoms with Crippen LogP contribution in [0, 0.1) is 17.7 Å². The van der Waals surface area contributed by atoms with Gasteiger partial charge in [0.1, 0.15) is 11.7 Å². The van der Waals surface area contributed by atoms with Gasteiger partial charge in [-0.25, -0.2) is 9.45 Å². The van der Waals surface area contributed by atoms with Crippen molar-refractivity contribution in [1.82, 2.24) is 9.96 Å². The number of amides is 2. The average Bonchev–Trinajstić information content (AvgIpc) is 2.80. The van der Waals surface area contributed by atoms with Crippen LogP contribution < -0.4 is 0 Å². The number of hydrogen-bond acceptors (Lipinski definition) is 4. The Bertz CT molecular complexity index is 630. The number of benzene rings is 1.